The molecule has 2 fully saturated rings. The molecule has 2 aliphatic rings. The van der Waals surface area contributed by atoms with Crippen molar-refractivity contribution in [3.63, 3.8) is 0 Å². The highest BCUT2D eigenvalue weighted by atomic mass is 31.2. The summed E-state index contributed by atoms with van der Waals surface area (Å²) < 4.78 is 83.8. The van der Waals surface area contributed by atoms with E-state index in [-0.39, 0.29) is 37.8 Å². The summed E-state index contributed by atoms with van der Waals surface area (Å²) in [5.41, 5.74) is -0.0601. The quantitative estimate of drug-likeness (QED) is 0.0947. The first kappa shape index (κ1) is 38.1. The fourth-order valence-corrected chi connectivity index (χ4v) is 6.85. The van der Waals surface area contributed by atoms with Crippen LogP contribution in [0.5, 0.6) is 5.75 Å². The number of para-hydroxylation sites is 1. The number of amides is 1. The molecule has 4 aromatic rings. The van der Waals surface area contributed by atoms with Gasteiger partial charge in [-0.1, -0.05) is 78.9 Å². The number of rotatable bonds is 14. The van der Waals surface area contributed by atoms with Crippen LogP contribution in [-0.4, -0.2) is 65.2 Å². The molecule has 54 heavy (non-hydrogen) atoms. The maximum absolute atomic E-state index is 16.3. The van der Waals surface area contributed by atoms with E-state index in [1.54, 1.807) is 78.9 Å². The van der Waals surface area contributed by atoms with E-state index in [2.05, 4.69) is 15.4 Å². The van der Waals surface area contributed by atoms with Crippen molar-refractivity contribution in [3.05, 3.63) is 125 Å². The maximum Gasteiger partial charge on any atom is 0.509 e. The smallest absolute Gasteiger partial charge is 0.464 e. The van der Waals surface area contributed by atoms with Crippen LogP contribution in [0.2, 0.25) is 0 Å². The fraction of sp³-hybridized carbons (Fsp3) is 0.286. The lowest BCUT2D eigenvalue weighted by atomic mass is 10.1. The summed E-state index contributed by atoms with van der Waals surface area (Å²) in [5, 5.41) is 4.72. The van der Waals surface area contributed by atoms with Crippen LogP contribution in [-0.2, 0) is 50.8 Å². The Hall–Kier alpha value is -5.68. The van der Waals surface area contributed by atoms with Gasteiger partial charge in [0.15, 0.2) is 0 Å². The number of nitrogens with one attached hydrogen (secondary N) is 2. The molecule has 1 aromatic heterocycles. The zero-order chi connectivity index (χ0) is 38.1. The van der Waals surface area contributed by atoms with Gasteiger partial charge < -0.3 is 28.2 Å². The van der Waals surface area contributed by atoms with E-state index in [1.165, 1.54) is 12.1 Å². The van der Waals surface area contributed by atoms with Crippen LogP contribution in [0, 0.1) is 0 Å². The second-order valence-electron chi connectivity index (χ2n) is 11.8. The van der Waals surface area contributed by atoms with Gasteiger partial charge in [-0.2, -0.15) is 18.9 Å². The van der Waals surface area contributed by atoms with Gasteiger partial charge in [-0.05, 0) is 29.3 Å². The van der Waals surface area contributed by atoms with Crippen molar-refractivity contribution in [3.8, 4) is 5.75 Å². The van der Waals surface area contributed by atoms with Gasteiger partial charge in [0, 0.05) is 12.6 Å². The molecule has 0 spiro atoms. The molecule has 0 aliphatic carbocycles. The summed E-state index contributed by atoms with van der Waals surface area (Å²) in [6, 6.07) is 24.7. The predicted molar refractivity (Wildman–Crippen MR) is 182 cm³/mol. The number of halogens is 2. The maximum atomic E-state index is 16.3. The number of nitrogens with zero attached hydrogens (tertiary/aromatic N) is 2. The number of anilines is 1. The molecule has 16 nitrogen and oxygen atoms in total. The van der Waals surface area contributed by atoms with E-state index in [0.717, 1.165) is 12.3 Å². The number of hydrogen-bond donors (Lipinski definition) is 2. The molecule has 3 aromatic carbocycles. The summed E-state index contributed by atoms with van der Waals surface area (Å²) in [7, 11) is -4.56. The van der Waals surface area contributed by atoms with Crippen molar-refractivity contribution >= 4 is 31.8 Å². The predicted octanol–water partition coefficient (Wildman–Crippen LogP) is 5.36. The molecule has 0 unspecified atom stereocenters. The van der Waals surface area contributed by atoms with Gasteiger partial charge >= 0.3 is 37.6 Å². The third-order valence-corrected chi connectivity index (χ3v) is 9.49. The number of ether oxygens (including phenoxy) is 5. The molecule has 0 bridgehead atoms. The van der Waals surface area contributed by atoms with E-state index >= 15 is 8.78 Å². The molecule has 2 aliphatic heterocycles. The highest BCUT2D eigenvalue weighted by Crippen LogP contribution is 2.49. The molecule has 2 N–H and O–H groups in total. The first-order chi connectivity index (χ1) is 26.0. The lowest BCUT2D eigenvalue weighted by Crippen LogP contribution is -2.45. The number of benzene rings is 3. The number of carbonyl (C=O) groups is 3. The zero-order valence-corrected chi connectivity index (χ0v) is 29.1. The van der Waals surface area contributed by atoms with Crippen LogP contribution < -0.4 is 20.6 Å². The Morgan fingerprint density at radius 2 is 1.54 bits per heavy atom. The standard InChI is InChI=1S/C35H33F2N4O12P/c36-35(37)29(52-34(45)49-21-24-12-6-2-7-13-24)27(22-50-54(46,40-26-17-19-47-30(26)42)53-25-14-8-3-9-15-25)51-31(35)41-18-16-28(38-32(41)43)39-33(44)48-20-23-10-4-1-5-11-23/h1-16,18,26-27,29,31H,17,19-22H2,(H,40,46)(H,38,39,43,44)/t26-,27+,29+,31+,54-/m0/s1. The average molecular weight is 771 g/mol. The molecular weight excluding hydrogens is 737 g/mol. The van der Waals surface area contributed by atoms with Crippen molar-refractivity contribution in [1.82, 2.24) is 14.6 Å². The molecular formula is C35H33F2N4O12P. The normalized spacial score (nSPS) is 21.3. The first-order valence-electron chi connectivity index (χ1n) is 16.4. The van der Waals surface area contributed by atoms with Crippen molar-refractivity contribution in [2.75, 3.05) is 18.5 Å². The molecule has 284 valence electrons. The fourth-order valence-electron chi connectivity index (χ4n) is 5.31. The summed E-state index contributed by atoms with van der Waals surface area (Å²) >= 11 is 0. The van der Waals surface area contributed by atoms with Crippen LogP contribution in [0.3, 0.4) is 0 Å². The minimum atomic E-state index is -4.56. The summed E-state index contributed by atoms with van der Waals surface area (Å²) in [4.78, 5) is 54.0. The van der Waals surface area contributed by atoms with Crippen LogP contribution in [0.15, 0.2) is 108 Å². The zero-order valence-electron chi connectivity index (χ0n) is 28.2. The topological polar surface area (TPSA) is 192 Å². The highest BCUT2D eigenvalue weighted by Gasteiger charge is 2.63. The molecule has 0 saturated carbocycles. The molecule has 1 amide bonds. The van der Waals surface area contributed by atoms with Gasteiger partial charge in [0.1, 0.15) is 36.9 Å². The van der Waals surface area contributed by atoms with Gasteiger partial charge in [0.05, 0.1) is 13.2 Å². The van der Waals surface area contributed by atoms with Crippen molar-refractivity contribution in [2.24, 2.45) is 0 Å². The number of carbonyl (C=O) groups excluding carboxylic acids is 3. The third kappa shape index (κ3) is 9.64. The lowest BCUT2D eigenvalue weighted by Gasteiger charge is -2.25. The Morgan fingerprint density at radius 1 is 0.907 bits per heavy atom. The number of alkyl halides is 2. The molecule has 3 heterocycles. The van der Waals surface area contributed by atoms with Crippen molar-refractivity contribution in [2.45, 2.75) is 50.0 Å². The SMILES string of the molecule is O=C(Nc1ccn([C@@H]2O[C@H](CO[P@@](=O)(N[C@H]3CCOC3=O)Oc3ccccc3)[C@@H](OC(=O)OCc3ccccc3)C2(F)F)c(=O)n1)OCc1ccccc1. The number of hydrogen-bond acceptors (Lipinski definition) is 13. The Kier molecular flexibility index (Phi) is 12.0. The molecule has 6 rings (SSSR count). The Morgan fingerprint density at radius 3 is 2.15 bits per heavy atom. The van der Waals surface area contributed by atoms with Gasteiger partial charge in [-0.25, -0.2) is 18.9 Å². The Balaban J connectivity index is 1.21. The lowest BCUT2D eigenvalue weighted by molar-refractivity contribution is -0.146. The molecule has 0 radical (unpaired) electrons. The number of esters is 1. The Bertz CT molecular complexity index is 2030. The van der Waals surface area contributed by atoms with Crippen LogP contribution in [0.4, 0.5) is 24.2 Å². The van der Waals surface area contributed by atoms with Gasteiger partial charge in [-0.3, -0.25) is 19.2 Å². The van der Waals surface area contributed by atoms with E-state index in [9.17, 15) is 23.7 Å². The van der Waals surface area contributed by atoms with Crippen molar-refractivity contribution < 1.29 is 60.5 Å². The second-order valence-corrected chi connectivity index (χ2v) is 13.5. The average Bonchev–Trinajstić information content (AvgIpc) is 3.67. The summed E-state index contributed by atoms with van der Waals surface area (Å²) in [6.45, 7) is -1.37. The largest absolute Gasteiger partial charge is 0.509 e. The molecule has 19 heteroatoms. The van der Waals surface area contributed by atoms with E-state index in [4.69, 9.17) is 32.7 Å². The first-order valence-corrected chi connectivity index (χ1v) is 17.9. The van der Waals surface area contributed by atoms with Gasteiger partial charge in [-0.15, -0.1) is 0 Å². The molecule has 2 saturated heterocycles. The Labute approximate surface area is 305 Å². The third-order valence-electron chi connectivity index (χ3n) is 7.93. The second kappa shape index (κ2) is 17.0. The van der Waals surface area contributed by atoms with Gasteiger partial charge in [0.2, 0.25) is 12.3 Å². The van der Waals surface area contributed by atoms with E-state index in [1.807, 2.05) is 0 Å². The minimum absolute atomic E-state index is 0.0223. The van der Waals surface area contributed by atoms with Crippen molar-refractivity contribution in [1.29, 1.82) is 0 Å². The van der Waals surface area contributed by atoms with E-state index < -0.39 is 68.7 Å². The minimum Gasteiger partial charge on any atom is -0.464 e. The summed E-state index contributed by atoms with van der Waals surface area (Å²) in [5.74, 6) is -5.18. The molecule has 5 atom stereocenters. The van der Waals surface area contributed by atoms with Crippen LogP contribution in [0.1, 0.15) is 23.8 Å². The number of aromatic nitrogens is 2. The highest BCUT2D eigenvalue weighted by molar-refractivity contribution is 7.52. The monoisotopic (exact) mass is 770 g/mol. The van der Waals surface area contributed by atoms with Crippen LogP contribution >= 0.6 is 7.75 Å². The summed E-state index contributed by atoms with van der Waals surface area (Å²) in [6.07, 6.45) is -8.33. The number of cyclic esters (lactones) is 1. The van der Waals surface area contributed by atoms with Gasteiger partial charge in [0.25, 0.3) is 0 Å². The van der Waals surface area contributed by atoms with Crippen LogP contribution in [0.25, 0.3) is 0 Å². The van der Waals surface area contributed by atoms with E-state index in [0.29, 0.717) is 15.7 Å².